The van der Waals surface area contributed by atoms with Crippen molar-refractivity contribution in [2.45, 2.75) is 38.6 Å². The van der Waals surface area contributed by atoms with Crippen molar-refractivity contribution in [1.29, 1.82) is 0 Å². The second-order valence-corrected chi connectivity index (χ2v) is 7.00. The molecule has 0 spiro atoms. The van der Waals surface area contributed by atoms with E-state index < -0.39 is 12.1 Å². The van der Waals surface area contributed by atoms with E-state index in [1.165, 1.54) is 12.8 Å². The van der Waals surface area contributed by atoms with Crippen molar-refractivity contribution < 1.29 is 9.59 Å². The first kappa shape index (κ1) is 19.1. The molecular formula is C15H30N4O2S. The number of thioether (sulfide) groups is 1. The maximum atomic E-state index is 12.1. The summed E-state index contributed by atoms with van der Waals surface area (Å²) in [4.78, 5) is 25.5. The monoisotopic (exact) mass is 330 g/mol. The first-order chi connectivity index (χ1) is 10.5. The molecule has 3 amide bonds. The van der Waals surface area contributed by atoms with Gasteiger partial charge in [-0.1, -0.05) is 6.92 Å². The average Bonchev–Trinajstić information content (AvgIpc) is 2.49. The number of hydrogen-bond donors (Lipinski definition) is 3. The summed E-state index contributed by atoms with van der Waals surface area (Å²) in [6.07, 6.45) is 6.04. The number of carbonyl (C=O) groups excluding carboxylic acids is 2. The molecule has 0 aliphatic carbocycles. The zero-order valence-corrected chi connectivity index (χ0v) is 14.6. The lowest BCUT2D eigenvalue weighted by Gasteiger charge is -2.30. The van der Waals surface area contributed by atoms with Crippen LogP contribution in [0.15, 0.2) is 0 Å². The van der Waals surface area contributed by atoms with E-state index in [0.717, 1.165) is 37.7 Å². The van der Waals surface area contributed by atoms with E-state index >= 15 is 0 Å². The average molecular weight is 330 g/mol. The molecule has 1 aliphatic heterocycles. The smallest absolute Gasteiger partial charge is 0.312 e. The third-order valence-corrected chi connectivity index (χ3v) is 4.71. The molecule has 0 bridgehead atoms. The lowest BCUT2D eigenvalue weighted by atomic mass is 9.99. The molecular weight excluding hydrogens is 300 g/mol. The fourth-order valence-electron chi connectivity index (χ4n) is 2.60. The van der Waals surface area contributed by atoms with Crippen LogP contribution in [0.3, 0.4) is 0 Å². The molecule has 1 rings (SSSR count). The number of nitrogens with zero attached hydrogens (tertiary/aromatic N) is 1. The molecule has 4 N–H and O–H groups in total. The van der Waals surface area contributed by atoms with Gasteiger partial charge in [-0.05, 0) is 63.2 Å². The molecule has 7 heteroatoms. The predicted molar refractivity (Wildman–Crippen MR) is 92.0 cm³/mol. The highest BCUT2D eigenvalue weighted by Crippen LogP contribution is 2.15. The van der Waals surface area contributed by atoms with Crippen LogP contribution in [-0.4, -0.2) is 61.1 Å². The summed E-state index contributed by atoms with van der Waals surface area (Å²) in [6.45, 7) is 6.29. The van der Waals surface area contributed by atoms with Crippen molar-refractivity contribution >= 4 is 23.7 Å². The Morgan fingerprint density at radius 1 is 1.36 bits per heavy atom. The number of amides is 3. The van der Waals surface area contributed by atoms with Crippen LogP contribution in [0.1, 0.15) is 32.6 Å². The number of hydrogen-bond acceptors (Lipinski definition) is 4. The van der Waals surface area contributed by atoms with Crippen LogP contribution in [-0.2, 0) is 4.79 Å². The summed E-state index contributed by atoms with van der Waals surface area (Å²) in [7, 11) is 0. The Kier molecular flexibility index (Phi) is 9.31. The molecule has 1 unspecified atom stereocenters. The number of urea groups is 1. The summed E-state index contributed by atoms with van der Waals surface area (Å²) in [5.74, 6) is 1.51. The molecule has 1 atom stereocenters. The Morgan fingerprint density at radius 2 is 2.05 bits per heavy atom. The molecule has 0 saturated carbocycles. The van der Waals surface area contributed by atoms with Gasteiger partial charge in [0.05, 0.1) is 0 Å². The van der Waals surface area contributed by atoms with Gasteiger partial charge in [0.25, 0.3) is 0 Å². The van der Waals surface area contributed by atoms with E-state index in [-0.39, 0.29) is 5.91 Å². The molecule has 1 fully saturated rings. The Morgan fingerprint density at radius 3 is 2.64 bits per heavy atom. The van der Waals surface area contributed by atoms with Gasteiger partial charge in [-0.2, -0.15) is 11.8 Å². The quantitative estimate of drug-likeness (QED) is 0.551. The van der Waals surface area contributed by atoms with Gasteiger partial charge in [-0.25, -0.2) is 4.79 Å². The summed E-state index contributed by atoms with van der Waals surface area (Å²) < 4.78 is 0. The Hall–Kier alpha value is -0.950. The second kappa shape index (κ2) is 10.7. The van der Waals surface area contributed by atoms with E-state index in [1.54, 1.807) is 11.8 Å². The number of nitrogens with two attached hydrogens (primary N) is 1. The molecule has 0 radical (unpaired) electrons. The fourth-order valence-corrected chi connectivity index (χ4v) is 3.07. The lowest BCUT2D eigenvalue weighted by Crippen LogP contribution is -2.49. The standard InChI is InChI=1S/C15H30N4O2S/c1-12-4-9-19(10-5-12)8-3-7-17-14(20)13(6-11-22-2)18-15(16)21/h12-13H,3-11H2,1-2H3,(H,17,20)(H3,16,18,21). The highest BCUT2D eigenvalue weighted by atomic mass is 32.2. The highest BCUT2D eigenvalue weighted by Gasteiger charge is 2.19. The van der Waals surface area contributed by atoms with Crippen LogP contribution in [0, 0.1) is 5.92 Å². The van der Waals surface area contributed by atoms with Gasteiger partial charge in [0.15, 0.2) is 0 Å². The van der Waals surface area contributed by atoms with Gasteiger partial charge >= 0.3 is 6.03 Å². The molecule has 1 heterocycles. The Balaban J connectivity index is 2.20. The van der Waals surface area contributed by atoms with Crippen LogP contribution in [0.4, 0.5) is 4.79 Å². The van der Waals surface area contributed by atoms with Crippen molar-refractivity contribution in [2.75, 3.05) is 38.2 Å². The number of carbonyl (C=O) groups is 2. The molecule has 0 aromatic rings. The van der Waals surface area contributed by atoms with Crippen LogP contribution in [0.5, 0.6) is 0 Å². The molecule has 22 heavy (non-hydrogen) atoms. The van der Waals surface area contributed by atoms with Gasteiger partial charge in [0.2, 0.25) is 5.91 Å². The van der Waals surface area contributed by atoms with E-state index in [9.17, 15) is 9.59 Å². The summed E-state index contributed by atoms with van der Waals surface area (Å²) in [6, 6.07) is -1.18. The van der Waals surface area contributed by atoms with Crippen molar-refractivity contribution in [2.24, 2.45) is 11.7 Å². The first-order valence-electron chi connectivity index (χ1n) is 8.08. The SMILES string of the molecule is CSCCC(NC(N)=O)C(=O)NCCCN1CCC(C)CC1. The molecule has 0 aromatic carbocycles. The Labute approximate surface area is 137 Å². The van der Waals surface area contributed by atoms with Crippen LogP contribution < -0.4 is 16.4 Å². The van der Waals surface area contributed by atoms with Gasteiger partial charge in [-0.3, -0.25) is 4.79 Å². The largest absolute Gasteiger partial charge is 0.354 e. The van der Waals surface area contributed by atoms with Crippen molar-refractivity contribution in [3.05, 3.63) is 0 Å². The van der Waals surface area contributed by atoms with Crippen LogP contribution in [0.25, 0.3) is 0 Å². The zero-order valence-electron chi connectivity index (χ0n) is 13.8. The topological polar surface area (TPSA) is 87.5 Å². The van der Waals surface area contributed by atoms with Crippen LogP contribution in [0.2, 0.25) is 0 Å². The van der Waals surface area contributed by atoms with Gasteiger partial charge in [-0.15, -0.1) is 0 Å². The number of likely N-dealkylation sites (tertiary alicyclic amines) is 1. The fraction of sp³-hybridized carbons (Fsp3) is 0.867. The summed E-state index contributed by atoms with van der Waals surface area (Å²) in [5, 5.41) is 5.41. The van der Waals surface area contributed by atoms with E-state index in [1.807, 2.05) is 6.26 Å². The van der Waals surface area contributed by atoms with Crippen molar-refractivity contribution in [3.8, 4) is 0 Å². The maximum Gasteiger partial charge on any atom is 0.312 e. The Bertz CT molecular complexity index is 346. The number of rotatable bonds is 9. The normalized spacial score (nSPS) is 17.9. The third-order valence-electron chi connectivity index (χ3n) is 4.07. The molecule has 1 aliphatic rings. The van der Waals surface area contributed by atoms with E-state index in [0.29, 0.717) is 13.0 Å². The minimum absolute atomic E-state index is 0.139. The molecule has 1 saturated heterocycles. The summed E-state index contributed by atoms with van der Waals surface area (Å²) in [5.41, 5.74) is 5.12. The minimum atomic E-state index is -0.649. The van der Waals surface area contributed by atoms with Crippen molar-refractivity contribution in [1.82, 2.24) is 15.5 Å². The van der Waals surface area contributed by atoms with Crippen LogP contribution >= 0.6 is 11.8 Å². The van der Waals surface area contributed by atoms with Gasteiger partial charge in [0, 0.05) is 6.54 Å². The zero-order chi connectivity index (χ0) is 16.4. The lowest BCUT2D eigenvalue weighted by molar-refractivity contribution is -0.122. The molecule has 0 aromatic heterocycles. The van der Waals surface area contributed by atoms with Gasteiger partial charge in [0.1, 0.15) is 6.04 Å². The van der Waals surface area contributed by atoms with E-state index in [4.69, 9.17) is 5.73 Å². The summed E-state index contributed by atoms with van der Waals surface area (Å²) >= 11 is 1.64. The molecule has 128 valence electrons. The first-order valence-corrected chi connectivity index (χ1v) is 9.47. The third kappa shape index (κ3) is 7.89. The minimum Gasteiger partial charge on any atom is -0.354 e. The highest BCUT2D eigenvalue weighted by molar-refractivity contribution is 7.98. The number of primary amides is 1. The maximum absolute atomic E-state index is 12.1. The second-order valence-electron chi connectivity index (χ2n) is 6.01. The van der Waals surface area contributed by atoms with Gasteiger partial charge < -0.3 is 21.3 Å². The van der Waals surface area contributed by atoms with Crippen molar-refractivity contribution in [3.63, 3.8) is 0 Å². The molecule has 6 nitrogen and oxygen atoms in total. The number of nitrogens with one attached hydrogen (secondary N) is 2. The van der Waals surface area contributed by atoms with E-state index in [2.05, 4.69) is 22.5 Å². The predicted octanol–water partition coefficient (Wildman–Crippen LogP) is 1.01. The number of piperidine rings is 1.